The fourth-order valence-corrected chi connectivity index (χ4v) is 3.61. The average molecular weight is 326 g/mol. The van der Waals surface area contributed by atoms with Crippen LogP contribution in [0.25, 0.3) is 0 Å². The Morgan fingerprint density at radius 1 is 1.27 bits per heavy atom. The van der Waals surface area contributed by atoms with Crippen molar-refractivity contribution in [2.75, 3.05) is 50.0 Å². The number of aromatic nitrogens is 2. The summed E-state index contributed by atoms with van der Waals surface area (Å²) in [4.78, 5) is 20.7. The highest BCUT2D eigenvalue weighted by Gasteiger charge is 2.31. The summed E-state index contributed by atoms with van der Waals surface area (Å²) in [5.41, 5.74) is 11.7. The van der Waals surface area contributed by atoms with E-state index in [0.717, 1.165) is 31.1 Å². The normalized spacial score (nSPS) is 21.9. The van der Waals surface area contributed by atoms with Crippen molar-refractivity contribution < 1.29 is 9.53 Å². The van der Waals surface area contributed by atoms with Crippen LogP contribution >= 0.6 is 11.5 Å². The summed E-state index contributed by atoms with van der Waals surface area (Å²) in [5, 5.41) is 0.818. The van der Waals surface area contributed by atoms with E-state index in [1.165, 1.54) is 11.5 Å². The number of nitrogen functional groups attached to an aromatic ring is 1. The van der Waals surface area contributed by atoms with E-state index in [0.29, 0.717) is 32.3 Å². The van der Waals surface area contributed by atoms with E-state index in [1.807, 2.05) is 4.90 Å². The molecular weight excluding hydrogens is 304 g/mol. The number of carbonyl (C=O) groups is 1. The zero-order valence-corrected chi connectivity index (χ0v) is 13.3. The number of amides is 1. The molecule has 1 aromatic rings. The van der Waals surface area contributed by atoms with Gasteiger partial charge in [-0.15, -0.1) is 0 Å². The first-order valence-corrected chi connectivity index (χ1v) is 8.39. The molecule has 0 bridgehead atoms. The number of ether oxygens (including phenoxy) is 1. The number of carbonyl (C=O) groups excluding carboxylic acids is 1. The predicted molar refractivity (Wildman–Crippen MR) is 84.6 cm³/mol. The minimum Gasteiger partial charge on any atom is -0.381 e. The maximum Gasteiger partial charge on any atom is 0.239 e. The zero-order chi connectivity index (χ0) is 15.5. The minimum atomic E-state index is -0.410. The van der Waals surface area contributed by atoms with Crippen molar-refractivity contribution in [3.05, 3.63) is 0 Å². The Morgan fingerprint density at radius 3 is 2.55 bits per heavy atom. The van der Waals surface area contributed by atoms with Crippen molar-refractivity contribution in [3.63, 3.8) is 0 Å². The molecule has 1 amide bonds. The quantitative estimate of drug-likeness (QED) is 0.772. The zero-order valence-electron chi connectivity index (χ0n) is 12.5. The van der Waals surface area contributed by atoms with Crippen LogP contribution in [0.2, 0.25) is 0 Å². The fourth-order valence-electron chi connectivity index (χ4n) is 2.96. The Labute approximate surface area is 133 Å². The number of anilines is 2. The van der Waals surface area contributed by atoms with E-state index >= 15 is 0 Å². The van der Waals surface area contributed by atoms with E-state index in [9.17, 15) is 4.79 Å². The molecule has 0 spiro atoms. The van der Waals surface area contributed by atoms with Gasteiger partial charge in [-0.3, -0.25) is 4.79 Å². The van der Waals surface area contributed by atoms with Gasteiger partial charge in [-0.1, -0.05) is 0 Å². The van der Waals surface area contributed by atoms with Crippen LogP contribution in [0, 0.1) is 5.92 Å². The highest BCUT2D eigenvalue weighted by Crippen LogP contribution is 2.22. The molecule has 1 unspecified atom stereocenters. The second kappa shape index (κ2) is 6.76. The average Bonchev–Trinajstić information content (AvgIpc) is 3.01. The van der Waals surface area contributed by atoms with Gasteiger partial charge in [-0.2, -0.15) is 9.36 Å². The van der Waals surface area contributed by atoms with Crippen molar-refractivity contribution in [2.24, 2.45) is 11.7 Å². The molecule has 122 valence electrons. The molecule has 2 aliphatic rings. The van der Waals surface area contributed by atoms with E-state index in [1.54, 1.807) is 0 Å². The van der Waals surface area contributed by atoms with E-state index in [2.05, 4.69) is 14.3 Å². The molecule has 22 heavy (non-hydrogen) atoms. The Balaban J connectivity index is 1.53. The van der Waals surface area contributed by atoms with Crippen molar-refractivity contribution in [3.8, 4) is 0 Å². The second-order valence-corrected chi connectivity index (χ2v) is 6.45. The fraction of sp³-hybridized carbons (Fsp3) is 0.769. The molecular formula is C13H22N6O2S. The summed E-state index contributed by atoms with van der Waals surface area (Å²) < 4.78 is 9.32. The summed E-state index contributed by atoms with van der Waals surface area (Å²) in [5.74, 6) is 0.602. The van der Waals surface area contributed by atoms with Crippen LogP contribution in [0.15, 0.2) is 0 Å². The summed E-state index contributed by atoms with van der Waals surface area (Å²) >= 11 is 1.29. The molecule has 2 aliphatic heterocycles. The van der Waals surface area contributed by atoms with Gasteiger partial charge in [0.1, 0.15) is 0 Å². The standard InChI is InChI=1S/C13H22N6O2S/c14-10(9-1-7-21-8-2-9)11(20)18-3-5-19(6-4-18)13-16-12(15)17-22-13/h9-10H,1-8,14H2,(H2,15,17). The summed E-state index contributed by atoms with van der Waals surface area (Å²) in [6, 6.07) is -0.410. The Bertz CT molecular complexity index is 510. The molecule has 0 radical (unpaired) electrons. The van der Waals surface area contributed by atoms with E-state index in [4.69, 9.17) is 16.2 Å². The molecule has 4 N–H and O–H groups in total. The topological polar surface area (TPSA) is 111 Å². The van der Waals surface area contributed by atoms with Gasteiger partial charge in [-0.25, -0.2) is 0 Å². The van der Waals surface area contributed by atoms with Crippen molar-refractivity contribution in [2.45, 2.75) is 18.9 Å². The van der Waals surface area contributed by atoms with Gasteiger partial charge in [0.25, 0.3) is 0 Å². The van der Waals surface area contributed by atoms with Crippen molar-refractivity contribution in [1.82, 2.24) is 14.3 Å². The van der Waals surface area contributed by atoms with E-state index < -0.39 is 6.04 Å². The van der Waals surface area contributed by atoms with Crippen LogP contribution in [0.3, 0.4) is 0 Å². The molecule has 0 saturated carbocycles. The number of rotatable bonds is 3. The smallest absolute Gasteiger partial charge is 0.239 e. The number of piperazine rings is 1. The molecule has 1 atom stereocenters. The molecule has 0 aromatic carbocycles. The molecule has 3 heterocycles. The number of nitrogens with zero attached hydrogens (tertiary/aromatic N) is 4. The SMILES string of the molecule is Nc1nsc(N2CCN(C(=O)C(N)C3CCOCC3)CC2)n1. The first-order valence-electron chi connectivity index (χ1n) is 7.61. The van der Waals surface area contributed by atoms with Gasteiger partial charge in [0.15, 0.2) is 0 Å². The molecule has 1 aromatic heterocycles. The second-order valence-electron chi connectivity index (χ2n) is 5.72. The van der Waals surface area contributed by atoms with Crippen LogP contribution in [0.1, 0.15) is 12.8 Å². The number of hydrogen-bond acceptors (Lipinski definition) is 8. The van der Waals surface area contributed by atoms with Crippen LogP contribution in [0.4, 0.5) is 11.1 Å². The number of hydrogen-bond donors (Lipinski definition) is 2. The first-order chi connectivity index (χ1) is 10.6. The van der Waals surface area contributed by atoms with Gasteiger partial charge in [0.2, 0.25) is 17.0 Å². The van der Waals surface area contributed by atoms with Crippen LogP contribution < -0.4 is 16.4 Å². The van der Waals surface area contributed by atoms with Gasteiger partial charge < -0.3 is 26.0 Å². The van der Waals surface area contributed by atoms with Gasteiger partial charge in [-0.05, 0) is 18.8 Å². The number of nitrogens with two attached hydrogens (primary N) is 2. The monoisotopic (exact) mass is 326 g/mol. The molecule has 8 nitrogen and oxygen atoms in total. The lowest BCUT2D eigenvalue weighted by Crippen LogP contribution is -2.55. The van der Waals surface area contributed by atoms with Gasteiger partial charge in [0, 0.05) is 50.9 Å². The maximum atomic E-state index is 12.5. The highest BCUT2D eigenvalue weighted by atomic mass is 32.1. The lowest BCUT2D eigenvalue weighted by atomic mass is 9.91. The third kappa shape index (κ3) is 3.31. The molecule has 3 rings (SSSR count). The lowest BCUT2D eigenvalue weighted by Gasteiger charge is -2.37. The van der Waals surface area contributed by atoms with Crippen LogP contribution in [0.5, 0.6) is 0 Å². The molecule has 9 heteroatoms. The van der Waals surface area contributed by atoms with Crippen LogP contribution in [-0.2, 0) is 9.53 Å². The third-order valence-corrected chi connectivity index (χ3v) is 5.14. The Morgan fingerprint density at radius 2 is 1.95 bits per heavy atom. The highest BCUT2D eigenvalue weighted by molar-refractivity contribution is 7.09. The third-order valence-electron chi connectivity index (χ3n) is 4.35. The molecule has 2 fully saturated rings. The Kier molecular flexibility index (Phi) is 4.74. The van der Waals surface area contributed by atoms with Gasteiger partial charge >= 0.3 is 0 Å². The summed E-state index contributed by atoms with van der Waals surface area (Å²) in [6.45, 7) is 4.21. The van der Waals surface area contributed by atoms with Crippen LogP contribution in [-0.4, -0.2) is 65.6 Å². The summed E-state index contributed by atoms with van der Waals surface area (Å²) in [6.07, 6.45) is 1.74. The lowest BCUT2D eigenvalue weighted by molar-refractivity contribution is -0.135. The predicted octanol–water partition coefficient (Wildman–Crippen LogP) is -0.477. The molecule has 0 aliphatic carbocycles. The van der Waals surface area contributed by atoms with Gasteiger partial charge in [0.05, 0.1) is 6.04 Å². The molecule has 2 saturated heterocycles. The van der Waals surface area contributed by atoms with Crippen molar-refractivity contribution >= 4 is 28.5 Å². The summed E-state index contributed by atoms with van der Waals surface area (Å²) in [7, 11) is 0. The maximum absolute atomic E-state index is 12.5. The largest absolute Gasteiger partial charge is 0.381 e. The first kappa shape index (κ1) is 15.4. The van der Waals surface area contributed by atoms with Crippen molar-refractivity contribution in [1.29, 1.82) is 0 Å². The van der Waals surface area contributed by atoms with E-state index in [-0.39, 0.29) is 11.8 Å². The minimum absolute atomic E-state index is 0.0586. The Hall–Kier alpha value is -1.45.